The Bertz CT molecular complexity index is 736. The largest absolute Gasteiger partial charge is 0.278 e. The van der Waals surface area contributed by atoms with E-state index in [9.17, 15) is 9.59 Å². The SMILES string of the molecule is Cc1cc(C)c(N(C=O)C(=O)[C@@H]2[C@H](C)[C@H]3C=C[C@@H]2C32CC2)c(C)c1. The molecule has 0 saturated heterocycles. The molecule has 3 aliphatic carbocycles. The Labute approximate surface area is 143 Å². The number of carbonyl (C=O) groups excluding carboxylic acids is 2. The smallest absolute Gasteiger partial charge is 0.237 e. The topological polar surface area (TPSA) is 37.4 Å². The molecule has 0 aromatic heterocycles. The van der Waals surface area contributed by atoms with Gasteiger partial charge in [0.15, 0.2) is 0 Å². The molecule has 0 unspecified atom stereocenters. The van der Waals surface area contributed by atoms with E-state index in [1.165, 1.54) is 17.7 Å². The average Bonchev–Trinajstić information content (AvgIpc) is 3.17. The fraction of sp³-hybridized carbons (Fsp3) is 0.524. The van der Waals surface area contributed by atoms with E-state index in [2.05, 4.69) is 19.1 Å². The summed E-state index contributed by atoms with van der Waals surface area (Å²) in [5.74, 6) is 1.08. The second-order valence-electron chi connectivity index (χ2n) is 8.12. The molecular weight excluding hydrogens is 298 g/mol. The molecule has 2 fully saturated rings. The first-order valence-electron chi connectivity index (χ1n) is 8.95. The summed E-state index contributed by atoms with van der Waals surface area (Å²) < 4.78 is 0. The van der Waals surface area contributed by atoms with Gasteiger partial charge in [0.1, 0.15) is 0 Å². The number of rotatable bonds is 3. The van der Waals surface area contributed by atoms with Gasteiger partial charge in [-0.1, -0.05) is 36.8 Å². The molecule has 2 saturated carbocycles. The summed E-state index contributed by atoms with van der Waals surface area (Å²) in [5.41, 5.74) is 4.23. The van der Waals surface area contributed by atoms with Crippen molar-refractivity contribution >= 4 is 18.0 Å². The van der Waals surface area contributed by atoms with Gasteiger partial charge >= 0.3 is 0 Å². The second-order valence-corrected chi connectivity index (χ2v) is 8.12. The van der Waals surface area contributed by atoms with Gasteiger partial charge in [-0.15, -0.1) is 0 Å². The number of anilines is 1. The summed E-state index contributed by atoms with van der Waals surface area (Å²) in [7, 11) is 0. The molecule has 0 aliphatic heterocycles. The van der Waals surface area contributed by atoms with E-state index in [0.29, 0.717) is 23.2 Å². The van der Waals surface area contributed by atoms with E-state index in [0.717, 1.165) is 28.8 Å². The van der Waals surface area contributed by atoms with Crippen LogP contribution in [0.5, 0.6) is 0 Å². The fourth-order valence-corrected chi connectivity index (χ4v) is 5.69. The third-order valence-corrected chi connectivity index (χ3v) is 6.70. The molecule has 3 nitrogen and oxygen atoms in total. The Kier molecular flexibility index (Phi) is 3.28. The van der Waals surface area contributed by atoms with E-state index >= 15 is 0 Å². The normalized spacial score (nSPS) is 31.5. The maximum Gasteiger partial charge on any atom is 0.237 e. The zero-order valence-corrected chi connectivity index (χ0v) is 14.9. The molecule has 0 radical (unpaired) electrons. The molecule has 24 heavy (non-hydrogen) atoms. The van der Waals surface area contributed by atoms with E-state index in [4.69, 9.17) is 0 Å². The number of amides is 2. The minimum Gasteiger partial charge on any atom is -0.278 e. The number of aryl methyl sites for hydroxylation is 3. The molecule has 0 heterocycles. The molecule has 0 N–H and O–H groups in total. The molecule has 3 heteroatoms. The van der Waals surface area contributed by atoms with Crippen LogP contribution in [0.1, 0.15) is 36.5 Å². The Hall–Kier alpha value is -1.90. The van der Waals surface area contributed by atoms with Crippen LogP contribution in [0.15, 0.2) is 24.3 Å². The maximum atomic E-state index is 13.3. The molecule has 2 bridgehead atoms. The van der Waals surface area contributed by atoms with E-state index in [-0.39, 0.29) is 11.8 Å². The van der Waals surface area contributed by atoms with Gasteiger partial charge in [-0.25, -0.2) is 0 Å². The van der Waals surface area contributed by atoms with E-state index in [1.807, 2.05) is 32.9 Å². The van der Waals surface area contributed by atoms with Crippen molar-refractivity contribution in [3.05, 3.63) is 41.0 Å². The summed E-state index contributed by atoms with van der Waals surface area (Å²) in [5, 5.41) is 0. The van der Waals surface area contributed by atoms with Crippen molar-refractivity contribution in [2.24, 2.45) is 29.1 Å². The molecule has 1 aromatic rings. The summed E-state index contributed by atoms with van der Waals surface area (Å²) in [6.07, 6.45) is 7.74. The van der Waals surface area contributed by atoms with Crippen LogP contribution in [0, 0.1) is 49.9 Å². The zero-order chi connectivity index (χ0) is 17.2. The predicted octanol–water partition coefficient (Wildman–Crippen LogP) is 3.95. The molecule has 4 atom stereocenters. The van der Waals surface area contributed by atoms with Crippen molar-refractivity contribution in [3.8, 4) is 0 Å². The van der Waals surface area contributed by atoms with Gasteiger partial charge < -0.3 is 0 Å². The molecule has 126 valence electrons. The van der Waals surface area contributed by atoms with Gasteiger partial charge in [-0.3, -0.25) is 14.5 Å². The highest BCUT2D eigenvalue weighted by Gasteiger charge is 2.67. The lowest BCUT2D eigenvalue weighted by Crippen LogP contribution is -2.40. The molecule has 4 rings (SSSR count). The van der Waals surface area contributed by atoms with Crippen molar-refractivity contribution in [1.82, 2.24) is 0 Å². The van der Waals surface area contributed by atoms with Crippen LogP contribution < -0.4 is 4.90 Å². The molecule has 1 spiro atoms. The van der Waals surface area contributed by atoms with E-state index in [1.54, 1.807) is 0 Å². The van der Waals surface area contributed by atoms with Crippen molar-refractivity contribution in [3.63, 3.8) is 0 Å². The number of hydrogen-bond acceptors (Lipinski definition) is 2. The number of hydrogen-bond donors (Lipinski definition) is 0. The summed E-state index contributed by atoms with van der Waals surface area (Å²) in [6.45, 7) is 8.18. The number of nitrogens with zero attached hydrogens (tertiary/aromatic N) is 1. The van der Waals surface area contributed by atoms with Crippen LogP contribution in [0.25, 0.3) is 0 Å². The van der Waals surface area contributed by atoms with Gasteiger partial charge in [0, 0.05) is 5.92 Å². The van der Waals surface area contributed by atoms with Gasteiger partial charge in [-0.05, 0) is 67.9 Å². The summed E-state index contributed by atoms with van der Waals surface area (Å²) in [4.78, 5) is 26.6. The van der Waals surface area contributed by atoms with Crippen LogP contribution in [0.4, 0.5) is 5.69 Å². The zero-order valence-electron chi connectivity index (χ0n) is 14.9. The lowest BCUT2D eigenvalue weighted by molar-refractivity contribution is -0.126. The molecule has 1 aromatic carbocycles. The van der Waals surface area contributed by atoms with Crippen molar-refractivity contribution in [2.75, 3.05) is 4.90 Å². The van der Waals surface area contributed by atoms with Crippen molar-refractivity contribution in [1.29, 1.82) is 0 Å². The fourth-order valence-electron chi connectivity index (χ4n) is 5.69. The second kappa shape index (κ2) is 5.05. The monoisotopic (exact) mass is 323 g/mol. The van der Waals surface area contributed by atoms with Crippen LogP contribution in [-0.2, 0) is 9.59 Å². The minimum atomic E-state index is -0.0622. The van der Waals surface area contributed by atoms with Crippen LogP contribution in [-0.4, -0.2) is 12.3 Å². The molecule has 3 aliphatic rings. The Morgan fingerprint density at radius 2 is 1.71 bits per heavy atom. The van der Waals surface area contributed by atoms with Gasteiger partial charge in [0.05, 0.1) is 5.69 Å². The Morgan fingerprint density at radius 3 is 2.21 bits per heavy atom. The number of imide groups is 1. The first-order valence-corrected chi connectivity index (χ1v) is 8.95. The highest BCUT2D eigenvalue weighted by atomic mass is 16.2. The van der Waals surface area contributed by atoms with Crippen molar-refractivity contribution in [2.45, 2.75) is 40.5 Å². The first-order chi connectivity index (χ1) is 11.4. The molecular formula is C21H25NO2. The third-order valence-electron chi connectivity index (χ3n) is 6.70. The van der Waals surface area contributed by atoms with Gasteiger partial charge in [-0.2, -0.15) is 0 Å². The van der Waals surface area contributed by atoms with Crippen LogP contribution in [0.3, 0.4) is 0 Å². The first kappa shape index (κ1) is 15.6. The van der Waals surface area contributed by atoms with E-state index < -0.39 is 0 Å². The van der Waals surface area contributed by atoms with Gasteiger partial charge in [0.2, 0.25) is 12.3 Å². The summed E-state index contributed by atoms with van der Waals surface area (Å²) >= 11 is 0. The highest BCUT2D eigenvalue weighted by molar-refractivity contribution is 6.09. The standard InChI is InChI=1S/C21H25NO2/c1-12-9-13(2)19(14(3)10-12)22(11-23)20(24)18-15(4)16-5-6-17(18)21(16)7-8-21/h5-6,9-11,15-18H,7-8H2,1-4H3/t15-,16-,17+,18-/m1/s1. The minimum absolute atomic E-state index is 0.0179. The lowest BCUT2D eigenvalue weighted by atomic mass is 9.83. The average molecular weight is 323 g/mol. The third kappa shape index (κ3) is 1.90. The lowest BCUT2D eigenvalue weighted by Gasteiger charge is -2.29. The Balaban J connectivity index is 1.71. The molecule has 2 amide bonds. The number of carbonyl (C=O) groups is 2. The van der Waals surface area contributed by atoms with Crippen molar-refractivity contribution < 1.29 is 9.59 Å². The van der Waals surface area contributed by atoms with Gasteiger partial charge in [0.25, 0.3) is 0 Å². The van der Waals surface area contributed by atoms with Crippen LogP contribution in [0.2, 0.25) is 0 Å². The highest BCUT2D eigenvalue weighted by Crippen LogP contribution is 2.72. The predicted molar refractivity (Wildman–Crippen MR) is 94.6 cm³/mol. The maximum absolute atomic E-state index is 13.3. The quantitative estimate of drug-likeness (QED) is 0.624. The Morgan fingerprint density at radius 1 is 1.12 bits per heavy atom. The van der Waals surface area contributed by atoms with Crippen LogP contribution >= 0.6 is 0 Å². The number of benzene rings is 1. The summed E-state index contributed by atoms with van der Waals surface area (Å²) in [6, 6.07) is 4.08. The number of allylic oxidation sites excluding steroid dienone is 2.